The molecule has 0 aliphatic carbocycles. The highest BCUT2D eigenvalue weighted by Crippen LogP contribution is 2.33. The van der Waals surface area contributed by atoms with Crippen LogP contribution in [-0.4, -0.2) is 66.8 Å². The van der Waals surface area contributed by atoms with Crippen molar-refractivity contribution in [3.05, 3.63) is 83.4 Å². The minimum absolute atomic E-state index is 0.153. The second-order valence-electron chi connectivity index (χ2n) is 7.69. The lowest BCUT2D eigenvalue weighted by atomic mass is 9.73. The first-order valence-electron chi connectivity index (χ1n) is 9.48. The van der Waals surface area contributed by atoms with Crippen LogP contribution < -0.4 is 0 Å². The van der Waals surface area contributed by atoms with Gasteiger partial charge in [-0.3, -0.25) is 0 Å². The molecule has 0 bridgehead atoms. The van der Waals surface area contributed by atoms with Crippen LogP contribution in [0, 0.1) is 23.3 Å². The Balaban J connectivity index is 2.52. The van der Waals surface area contributed by atoms with E-state index in [1.54, 1.807) is 0 Å². The fourth-order valence-corrected chi connectivity index (χ4v) is 3.59. The van der Waals surface area contributed by atoms with E-state index in [0.717, 1.165) is 30.3 Å². The average molecular weight is 460 g/mol. The first-order chi connectivity index (χ1) is 14.8. The third kappa shape index (κ3) is 5.71. The van der Waals surface area contributed by atoms with Crippen molar-refractivity contribution in [3.63, 3.8) is 0 Å². The Morgan fingerprint density at radius 1 is 0.781 bits per heavy atom. The second kappa shape index (κ2) is 10.1. The lowest BCUT2D eigenvalue weighted by molar-refractivity contribution is -0.218. The van der Waals surface area contributed by atoms with Crippen molar-refractivity contribution >= 4 is 0 Å². The molecule has 0 saturated heterocycles. The Morgan fingerprint density at radius 2 is 1.19 bits per heavy atom. The van der Waals surface area contributed by atoms with E-state index in [9.17, 15) is 48.2 Å². The molecule has 2 aromatic rings. The van der Waals surface area contributed by atoms with Gasteiger partial charge in [0, 0.05) is 25.0 Å². The molecule has 0 aliphatic rings. The summed E-state index contributed by atoms with van der Waals surface area (Å²) < 4.78 is 54.3. The summed E-state index contributed by atoms with van der Waals surface area (Å²) in [6.07, 6.45) is -7.63. The predicted octanol–water partition coefficient (Wildman–Crippen LogP) is 0.751. The lowest BCUT2D eigenvalue weighted by Gasteiger charge is -2.45. The van der Waals surface area contributed by atoms with E-state index < -0.39 is 72.2 Å². The number of hydrogen-bond acceptors (Lipinski definition) is 6. The molecule has 5 atom stereocenters. The van der Waals surface area contributed by atoms with Crippen molar-refractivity contribution in [1.29, 1.82) is 0 Å². The monoisotopic (exact) mass is 460 g/mol. The van der Waals surface area contributed by atoms with Crippen LogP contribution in [0.5, 0.6) is 0 Å². The number of aliphatic hydroxyl groups is 6. The van der Waals surface area contributed by atoms with Gasteiger partial charge in [0.15, 0.2) is 0 Å². The Bertz CT molecular complexity index is 918. The van der Waals surface area contributed by atoms with Gasteiger partial charge >= 0.3 is 0 Å². The van der Waals surface area contributed by atoms with Crippen molar-refractivity contribution in [2.45, 2.75) is 42.4 Å². The van der Waals surface area contributed by atoms with Crippen LogP contribution in [0.3, 0.4) is 0 Å². The molecule has 1 unspecified atom stereocenters. The summed E-state index contributed by atoms with van der Waals surface area (Å²) in [6.45, 7) is 2.27. The summed E-state index contributed by atoms with van der Waals surface area (Å²) in [4.78, 5) is 0. The zero-order chi connectivity index (χ0) is 24.3. The largest absolute Gasteiger partial charge is 0.394 e. The van der Waals surface area contributed by atoms with Crippen LogP contribution in [0.15, 0.2) is 49.1 Å². The summed E-state index contributed by atoms with van der Waals surface area (Å²) in [5.74, 6) is -4.05. The lowest BCUT2D eigenvalue weighted by Crippen LogP contribution is -2.66. The summed E-state index contributed by atoms with van der Waals surface area (Å²) >= 11 is 0. The molecule has 0 amide bonds. The van der Waals surface area contributed by atoms with Gasteiger partial charge < -0.3 is 30.6 Å². The van der Waals surface area contributed by atoms with Crippen LogP contribution in [0.25, 0.3) is 0 Å². The number of hydrogen-bond donors (Lipinski definition) is 6. The third-order valence-electron chi connectivity index (χ3n) is 5.18. The van der Waals surface area contributed by atoms with E-state index in [1.807, 2.05) is 0 Å². The smallest absolute Gasteiger partial charge is 0.126 e. The van der Waals surface area contributed by atoms with Gasteiger partial charge in [0.1, 0.15) is 52.8 Å². The molecule has 0 aliphatic heterocycles. The van der Waals surface area contributed by atoms with E-state index >= 15 is 0 Å². The molecule has 0 spiro atoms. The van der Waals surface area contributed by atoms with Gasteiger partial charge in [-0.1, -0.05) is 6.08 Å². The maximum Gasteiger partial charge on any atom is 0.126 e. The molecule has 2 rings (SSSR count). The number of halogens is 4. The molecular weight excluding hydrogens is 436 g/mol. The predicted molar refractivity (Wildman–Crippen MR) is 105 cm³/mol. The van der Waals surface area contributed by atoms with E-state index in [-0.39, 0.29) is 11.1 Å². The fourth-order valence-electron chi connectivity index (χ4n) is 3.59. The molecule has 10 heteroatoms. The average Bonchev–Trinajstić information content (AvgIpc) is 2.70. The maximum absolute atomic E-state index is 13.6. The molecule has 32 heavy (non-hydrogen) atoms. The van der Waals surface area contributed by atoms with Crippen molar-refractivity contribution in [1.82, 2.24) is 0 Å². The quantitative estimate of drug-likeness (QED) is 0.230. The summed E-state index contributed by atoms with van der Waals surface area (Å²) in [5, 5.41) is 62.5. The molecular formula is C22H24F4O6. The molecule has 2 aromatic carbocycles. The third-order valence-corrected chi connectivity index (χ3v) is 5.18. The topological polar surface area (TPSA) is 121 Å². The maximum atomic E-state index is 13.6. The first-order valence-corrected chi connectivity index (χ1v) is 9.48. The minimum atomic E-state index is -2.91. The van der Waals surface area contributed by atoms with Crippen LogP contribution >= 0.6 is 0 Å². The Labute approximate surface area is 181 Å². The molecule has 0 heterocycles. The Morgan fingerprint density at radius 3 is 1.56 bits per heavy atom. The molecule has 0 fully saturated rings. The van der Waals surface area contributed by atoms with Crippen molar-refractivity contribution in [2.75, 3.05) is 6.61 Å². The number of rotatable bonds is 10. The Kier molecular flexibility index (Phi) is 8.16. The van der Waals surface area contributed by atoms with Gasteiger partial charge in [0.25, 0.3) is 0 Å². The van der Waals surface area contributed by atoms with E-state index in [1.165, 1.54) is 0 Å². The van der Waals surface area contributed by atoms with Crippen LogP contribution in [0.1, 0.15) is 11.1 Å². The Hall–Kier alpha value is -2.34. The summed E-state index contributed by atoms with van der Waals surface area (Å²) in [7, 11) is 0. The van der Waals surface area contributed by atoms with Gasteiger partial charge in [0.2, 0.25) is 0 Å². The highest BCUT2D eigenvalue weighted by molar-refractivity contribution is 5.27. The van der Waals surface area contributed by atoms with Crippen LogP contribution in [0.2, 0.25) is 0 Å². The minimum Gasteiger partial charge on any atom is -0.394 e. The fraction of sp³-hybridized carbons (Fsp3) is 0.364. The summed E-state index contributed by atoms with van der Waals surface area (Å²) in [6, 6.07) is 4.38. The zero-order valence-electron chi connectivity index (χ0n) is 16.8. The van der Waals surface area contributed by atoms with Crippen molar-refractivity contribution < 1.29 is 48.2 Å². The zero-order valence-corrected chi connectivity index (χ0v) is 16.8. The number of aliphatic hydroxyl groups excluding tert-OH is 4. The van der Waals surface area contributed by atoms with Gasteiger partial charge in [-0.05, 0) is 35.4 Å². The molecule has 0 saturated carbocycles. The molecule has 6 nitrogen and oxygen atoms in total. The highest BCUT2D eigenvalue weighted by Gasteiger charge is 2.53. The SMILES string of the molecule is C=CC(O)(Cc1cc(F)cc(F)c1)[C@@H](O)[C@@](O)(Cc1cc(F)cc(F)c1)[C@H](O)[C@@H](O)CO. The first kappa shape index (κ1) is 25.9. The van der Waals surface area contributed by atoms with Gasteiger partial charge in [-0.25, -0.2) is 17.6 Å². The standard InChI is InChI=1S/C22H24F4O6/c1-2-21(31,9-12-3-14(23)7-15(24)4-12)20(30)22(32,19(29)18(28)11-27)10-13-5-16(25)8-17(26)6-13/h2-8,18-20,27-32H,1,9-11H2/t18-,19+,20+,21?,22+/m0/s1. The van der Waals surface area contributed by atoms with E-state index in [0.29, 0.717) is 12.1 Å². The van der Waals surface area contributed by atoms with E-state index in [4.69, 9.17) is 0 Å². The summed E-state index contributed by atoms with van der Waals surface area (Å²) in [5.41, 5.74) is -5.87. The normalized spacial score (nSPS) is 18.3. The number of benzene rings is 2. The van der Waals surface area contributed by atoms with E-state index in [2.05, 4.69) is 6.58 Å². The second-order valence-corrected chi connectivity index (χ2v) is 7.69. The molecule has 6 N–H and O–H groups in total. The van der Waals surface area contributed by atoms with Gasteiger partial charge in [-0.2, -0.15) is 0 Å². The van der Waals surface area contributed by atoms with Crippen LogP contribution in [0.4, 0.5) is 17.6 Å². The van der Waals surface area contributed by atoms with Crippen LogP contribution in [-0.2, 0) is 12.8 Å². The van der Waals surface area contributed by atoms with Crippen molar-refractivity contribution in [2.24, 2.45) is 0 Å². The molecule has 176 valence electrons. The van der Waals surface area contributed by atoms with Crippen molar-refractivity contribution in [3.8, 4) is 0 Å². The molecule has 0 aromatic heterocycles. The van der Waals surface area contributed by atoms with Gasteiger partial charge in [0.05, 0.1) is 6.61 Å². The highest BCUT2D eigenvalue weighted by atomic mass is 19.1. The molecule has 0 radical (unpaired) electrons. The van der Waals surface area contributed by atoms with Gasteiger partial charge in [-0.15, -0.1) is 6.58 Å².